The van der Waals surface area contributed by atoms with Gasteiger partial charge in [0.25, 0.3) is 11.8 Å². The number of anilines is 1. The van der Waals surface area contributed by atoms with Crippen molar-refractivity contribution in [3.63, 3.8) is 0 Å². The molecule has 1 aliphatic rings. The topological polar surface area (TPSA) is 78.1 Å². The highest BCUT2D eigenvalue weighted by Gasteiger charge is 2.36. The average Bonchev–Trinajstić information content (AvgIpc) is 3.21. The fourth-order valence-electron chi connectivity index (χ4n) is 3.84. The summed E-state index contributed by atoms with van der Waals surface area (Å²) < 4.78 is 1.97. The Kier molecular flexibility index (Phi) is 6.40. The standard InChI is InChI=1S/C24H18Cl2N4O2S2/c1-11-8-15(13(3)29(11)23-17(10-27)12(2)14(4)34-23)9-16-21(31)28-24(33)30(22(16)32)19-7-5-6-18(25)20(19)26/h5-9H,1-4H3,(H,28,31,33)/b16-9+. The number of nitrogens with zero attached hydrogens (tertiary/aromatic N) is 3. The zero-order chi connectivity index (χ0) is 24.9. The number of amides is 2. The van der Waals surface area contributed by atoms with Crippen LogP contribution in [0.3, 0.4) is 0 Å². The second-order valence-electron chi connectivity index (χ2n) is 7.77. The molecule has 0 bridgehead atoms. The Bertz CT molecular complexity index is 1480. The first-order chi connectivity index (χ1) is 16.1. The van der Waals surface area contributed by atoms with Crippen LogP contribution in [0.4, 0.5) is 5.69 Å². The molecular weight excluding hydrogens is 511 g/mol. The van der Waals surface area contributed by atoms with Crippen LogP contribution in [0.1, 0.15) is 33.0 Å². The highest BCUT2D eigenvalue weighted by Crippen LogP contribution is 2.36. The van der Waals surface area contributed by atoms with Crippen LogP contribution < -0.4 is 10.2 Å². The van der Waals surface area contributed by atoms with Gasteiger partial charge in [0.15, 0.2) is 5.11 Å². The largest absolute Gasteiger partial charge is 0.308 e. The number of halogens is 2. The number of nitriles is 1. The zero-order valence-corrected chi connectivity index (χ0v) is 21.8. The molecule has 2 amide bonds. The monoisotopic (exact) mass is 528 g/mol. The average molecular weight is 529 g/mol. The zero-order valence-electron chi connectivity index (χ0n) is 18.6. The molecule has 1 fully saturated rings. The van der Waals surface area contributed by atoms with Crippen molar-refractivity contribution in [1.29, 1.82) is 5.26 Å². The summed E-state index contributed by atoms with van der Waals surface area (Å²) in [7, 11) is 0. The summed E-state index contributed by atoms with van der Waals surface area (Å²) in [5.74, 6) is -1.21. The maximum absolute atomic E-state index is 13.4. The molecule has 1 saturated heterocycles. The molecule has 1 aromatic carbocycles. The second kappa shape index (κ2) is 9.01. The maximum Gasteiger partial charge on any atom is 0.270 e. The van der Waals surface area contributed by atoms with Crippen LogP contribution in [0, 0.1) is 39.0 Å². The Morgan fingerprint density at radius 2 is 1.88 bits per heavy atom. The molecule has 10 heteroatoms. The van der Waals surface area contributed by atoms with Crippen molar-refractivity contribution in [2.45, 2.75) is 27.7 Å². The molecule has 4 rings (SSSR count). The minimum absolute atomic E-state index is 0.0787. The molecule has 0 unspecified atom stereocenters. The number of hydrogen-bond donors (Lipinski definition) is 1. The molecule has 1 N–H and O–H groups in total. The van der Waals surface area contributed by atoms with Gasteiger partial charge in [-0.1, -0.05) is 29.3 Å². The predicted molar refractivity (Wildman–Crippen MR) is 140 cm³/mol. The van der Waals surface area contributed by atoms with Gasteiger partial charge in [-0.25, -0.2) is 0 Å². The van der Waals surface area contributed by atoms with Gasteiger partial charge in [0.2, 0.25) is 0 Å². The number of carbonyl (C=O) groups is 2. The summed E-state index contributed by atoms with van der Waals surface area (Å²) in [6.45, 7) is 7.70. The fourth-order valence-corrected chi connectivity index (χ4v) is 5.71. The van der Waals surface area contributed by atoms with E-state index < -0.39 is 11.8 Å². The lowest BCUT2D eigenvalue weighted by atomic mass is 10.1. The lowest BCUT2D eigenvalue weighted by Gasteiger charge is -2.29. The highest BCUT2D eigenvalue weighted by molar-refractivity contribution is 7.80. The SMILES string of the molecule is Cc1sc(-n2c(C)cc(/C=C3\C(=O)NC(=S)N(c4cccc(Cl)c4Cl)C3=O)c2C)c(C#N)c1C. The highest BCUT2D eigenvalue weighted by atomic mass is 35.5. The van der Waals surface area contributed by atoms with Gasteiger partial charge in [-0.05, 0) is 75.3 Å². The van der Waals surface area contributed by atoms with Crippen LogP contribution in [0.15, 0.2) is 29.8 Å². The smallest absolute Gasteiger partial charge is 0.270 e. The molecule has 172 valence electrons. The summed E-state index contributed by atoms with van der Waals surface area (Å²) in [6, 6.07) is 9.01. The molecule has 0 aliphatic carbocycles. The Balaban J connectivity index is 1.82. The molecule has 0 spiro atoms. The van der Waals surface area contributed by atoms with Gasteiger partial charge in [-0.15, -0.1) is 11.3 Å². The van der Waals surface area contributed by atoms with E-state index in [9.17, 15) is 14.9 Å². The third-order valence-electron chi connectivity index (χ3n) is 5.73. The normalized spacial score (nSPS) is 15.1. The molecule has 3 aromatic rings. The van der Waals surface area contributed by atoms with Crippen molar-refractivity contribution in [2.75, 3.05) is 4.90 Å². The van der Waals surface area contributed by atoms with Gasteiger partial charge in [-0.3, -0.25) is 19.8 Å². The summed E-state index contributed by atoms with van der Waals surface area (Å²) >= 11 is 19.2. The Labute approximate surface area is 216 Å². The molecule has 0 radical (unpaired) electrons. The summed E-state index contributed by atoms with van der Waals surface area (Å²) in [5.41, 5.74) is 4.09. The van der Waals surface area contributed by atoms with Crippen molar-refractivity contribution >= 4 is 75.4 Å². The maximum atomic E-state index is 13.4. The summed E-state index contributed by atoms with van der Waals surface area (Å²) in [5, 5.41) is 13.4. The predicted octanol–water partition coefficient (Wildman–Crippen LogP) is 5.78. The van der Waals surface area contributed by atoms with E-state index in [1.54, 1.807) is 18.2 Å². The van der Waals surface area contributed by atoms with E-state index in [2.05, 4.69) is 11.4 Å². The lowest BCUT2D eigenvalue weighted by Crippen LogP contribution is -2.54. The van der Waals surface area contributed by atoms with E-state index >= 15 is 0 Å². The number of thiophene rings is 1. The number of carbonyl (C=O) groups excluding carboxylic acids is 2. The molecule has 3 heterocycles. The first-order valence-corrected chi connectivity index (χ1v) is 12.1. The molecule has 6 nitrogen and oxygen atoms in total. The summed E-state index contributed by atoms with van der Waals surface area (Å²) in [4.78, 5) is 28.4. The van der Waals surface area contributed by atoms with Crippen LogP contribution in [0.25, 0.3) is 11.1 Å². The number of rotatable bonds is 3. The molecular formula is C24H18Cl2N4O2S2. The van der Waals surface area contributed by atoms with E-state index in [-0.39, 0.29) is 26.4 Å². The van der Waals surface area contributed by atoms with Crippen LogP contribution in [-0.4, -0.2) is 21.5 Å². The van der Waals surface area contributed by atoms with Gasteiger partial charge in [-0.2, -0.15) is 5.26 Å². The van der Waals surface area contributed by atoms with Gasteiger partial charge >= 0.3 is 0 Å². The van der Waals surface area contributed by atoms with Crippen molar-refractivity contribution in [3.8, 4) is 11.1 Å². The molecule has 0 saturated carbocycles. The first kappa shape index (κ1) is 24.2. The van der Waals surface area contributed by atoms with Crippen LogP contribution in [0.5, 0.6) is 0 Å². The van der Waals surface area contributed by atoms with Crippen molar-refractivity contribution in [3.05, 3.63) is 72.8 Å². The van der Waals surface area contributed by atoms with E-state index in [0.717, 1.165) is 31.7 Å². The number of aromatic nitrogens is 1. The molecule has 1 aliphatic heterocycles. The summed E-state index contributed by atoms with van der Waals surface area (Å²) in [6.07, 6.45) is 1.53. The number of benzene rings is 1. The van der Waals surface area contributed by atoms with Gasteiger partial charge in [0.1, 0.15) is 16.6 Å². The van der Waals surface area contributed by atoms with Crippen molar-refractivity contribution in [2.24, 2.45) is 0 Å². The third kappa shape index (κ3) is 3.85. The number of hydrogen-bond acceptors (Lipinski definition) is 5. The van der Waals surface area contributed by atoms with Gasteiger partial charge < -0.3 is 4.57 Å². The lowest BCUT2D eigenvalue weighted by molar-refractivity contribution is -0.122. The van der Waals surface area contributed by atoms with E-state index in [1.165, 1.54) is 17.4 Å². The second-order valence-corrected chi connectivity index (χ2v) is 10.1. The Morgan fingerprint density at radius 3 is 2.56 bits per heavy atom. The first-order valence-electron chi connectivity index (χ1n) is 10.1. The fraction of sp³-hybridized carbons (Fsp3) is 0.167. The molecule has 2 aromatic heterocycles. The number of aryl methyl sites for hydroxylation is 2. The number of thiocarbonyl (C=S) groups is 1. The van der Waals surface area contributed by atoms with Crippen LogP contribution >= 0.6 is 46.8 Å². The van der Waals surface area contributed by atoms with Crippen LogP contribution in [-0.2, 0) is 9.59 Å². The van der Waals surface area contributed by atoms with Crippen LogP contribution in [0.2, 0.25) is 10.0 Å². The Hall–Kier alpha value is -2.96. The van der Waals surface area contributed by atoms with E-state index in [4.69, 9.17) is 35.4 Å². The third-order valence-corrected chi connectivity index (χ3v) is 8.01. The van der Waals surface area contributed by atoms with E-state index in [1.807, 2.05) is 38.3 Å². The van der Waals surface area contributed by atoms with Crippen molar-refractivity contribution in [1.82, 2.24) is 9.88 Å². The number of nitrogens with one attached hydrogen (secondary N) is 1. The minimum Gasteiger partial charge on any atom is -0.308 e. The quantitative estimate of drug-likeness (QED) is 0.265. The Morgan fingerprint density at radius 1 is 1.18 bits per heavy atom. The van der Waals surface area contributed by atoms with E-state index in [0.29, 0.717) is 11.1 Å². The van der Waals surface area contributed by atoms with Gasteiger partial charge in [0, 0.05) is 16.3 Å². The minimum atomic E-state index is -0.608. The van der Waals surface area contributed by atoms with Crippen molar-refractivity contribution < 1.29 is 9.59 Å². The molecule has 0 atom stereocenters. The molecule has 34 heavy (non-hydrogen) atoms. The van der Waals surface area contributed by atoms with Gasteiger partial charge in [0.05, 0.1) is 21.3 Å².